The van der Waals surface area contributed by atoms with Crippen LogP contribution >= 0.6 is 0 Å². The molecule has 1 aliphatic heterocycles. The van der Waals surface area contributed by atoms with Crippen LogP contribution in [0, 0.1) is 11.8 Å². The highest BCUT2D eigenvalue weighted by atomic mass is 15.1. The first kappa shape index (κ1) is 8.55. The van der Waals surface area contributed by atoms with E-state index in [0.717, 1.165) is 5.92 Å². The molecule has 1 atom stereocenters. The van der Waals surface area contributed by atoms with E-state index >= 15 is 0 Å². The second-order valence-corrected chi connectivity index (χ2v) is 4.33. The lowest BCUT2D eigenvalue weighted by molar-refractivity contribution is 0.358. The van der Waals surface area contributed by atoms with Gasteiger partial charge >= 0.3 is 0 Å². The van der Waals surface area contributed by atoms with Crippen LogP contribution in [0.5, 0.6) is 0 Å². The normalized spacial score (nSPS) is 31.2. The van der Waals surface area contributed by atoms with Gasteiger partial charge in [-0.25, -0.2) is 0 Å². The van der Waals surface area contributed by atoms with Gasteiger partial charge in [-0.1, -0.05) is 19.8 Å². The number of nitrogens with zero attached hydrogens (tertiary/aromatic N) is 1. The fourth-order valence-electron chi connectivity index (χ4n) is 2.33. The molecule has 1 saturated carbocycles. The minimum absolute atomic E-state index is 1.02. The highest BCUT2D eigenvalue weighted by molar-refractivity contribution is 5.15. The molecule has 1 heterocycles. The molecule has 0 N–H and O–H groups in total. The first-order valence-electron chi connectivity index (χ1n) is 5.47. The number of hydrogen-bond donors (Lipinski definition) is 0. The van der Waals surface area contributed by atoms with Crippen molar-refractivity contribution in [1.82, 2.24) is 4.90 Å². The second kappa shape index (κ2) is 3.78. The molecule has 2 aliphatic rings. The minimum Gasteiger partial charge on any atom is -0.303 e. The zero-order chi connectivity index (χ0) is 8.39. The molecule has 0 aromatic rings. The molecule has 1 unspecified atom stereocenters. The summed E-state index contributed by atoms with van der Waals surface area (Å²) < 4.78 is 0. The highest BCUT2D eigenvalue weighted by Crippen LogP contribution is 2.44. The van der Waals surface area contributed by atoms with Crippen molar-refractivity contribution in [1.29, 1.82) is 0 Å². The van der Waals surface area contributed by atoms with Crippen molar-refractivity contribution in [2.75, 3.05) is 19.6 Å². The Morgan fingerprint density at radius 3 is 2.75 bits per heavy atom. The van der Waals surface area contributed by atoms with Crippen LogP contribution in [-0.2, 0) is 0 Å². The molecule has 0 amide bonds. The number of rotatable bonds is 4. The van der Waals surface area contributed by atoms with E-state index in [1.54, 1.807) is 0 Å². The van der Waals surface area contributed by atoms with Gasteiger partial charge in [0.05, 0.1) is 0 Å². The summed E-state index contributed by atoms with van der Waals surface area (Å²) in [5.41, 5.74) is 0. The Labute approximate surface area is 76.1 Å². The molecule has 2 fully saturated rings. The van der Waals surface area contributed by atoms with Crippen LogP contribution in [0.15, 0.2) is 0 Å². The lowest BCUT2D eigenvalue weighted by Crippen LogP contribution is -2.21. The van der Waals surface area contributed by atoms with Gasteiger partial charge in [-0.15, -0.1) is 0 Å². The zero-order valence-electron chi connectivity index (χ0n) is 8.18. The maximum Gasteiger partial charge on any atom is 0.00467 e. The first-order valence-corrected chi connectivity index (χ1v) is 5.47. The maximum atomic E-state index is 2.63. The van der Waals surface area contributed by atoms with E-state index in [0.29, 0.717) is 0 Å². The average molecular weight is 166 g/mol. The van der Waals surface area contributed by atoms with Crippen LogP contribution in [-0.4, -0.2) is 24.5 Å². The van der Waals surface area contributed by atoms with Gasteiger partial charge in [-0.2, -0.15) is 0 Å². The minimum atomic E-state index is 1.02. The average Bonchev–Trinajstić information content (AvgIpc) is 2.62. The van der Waals surface area contributed by atoms with Crippen LogP contribution in [0.1, 0.15) is 39.0 Å². The van der Waals surface area contributed by atoms with Crippen molar-refractivity contribution in [3.63, 3.8) is 0 Å². The molecule has 1 aliphatic carbocycles. The molecule has 2 rings (SSSR count). The predicted octanol–water partition coefficient (Wildman–Crippen LogP) is 2.48. The van der Waals surface area contributed by atoms with Gasteiger partial charge in [0.15, 0.2) is 0 Å². The Kier molecular flexibility index (Phi) is 2.69. The van der Waals surface area contributed by atoms with E-state index in [1.807, 2.05) is 5.92 Å². The van der Waals surface area contributed by atoms with Gasteiger partial charge in [-0.05, 0) is 44.2 Å². The number of hydrogen-bond acceptors (Lipinski definition) is 1. The summed E-state index contributed by atoms with van der Waals surface area (Å²) in [4.78, 5) is 2.63. The van der Waals surface area contributed by atoms with Crippen molar-refractivity contribution in [2.24, 2.45) is 5.92 Å². The summed E-state index contributed by atoms with van der Waals surface area (Å²) in [7, 11) is 0. The van der Waals surface area contributed by atoms with E-state index in [-0.39, 0.29) is 0 Å². The third-order valence-corrected chi connectivity index (χ3v) is 3.19. The van der Waals surface area contributed by atoms with Crippen molar-refractivity contribution in [2.45, 2.75) is 39.0 Å². The van der Waals surface area contributed by atoms with Gasteiger partial charge in [0.2, 0.25) is 0 Å². The third-order valence-electron chi connectivity index (χ3n) is 3.19. The summed E-state index contributed by atoms with van der Waals surface area (Å²) in [6.07, 6.45) is 7.14. The van der Waals surface area contributed by atoms with Crippen molar-refractivity contribution < 1.29 is 0 Å². The van der Waals surface area contributed by atoms with E-state index in [2.05, 4.69) is 11.8 Å². The molecule has 0 bridgehead atoms. The SMILES string of the molecule is CCCC1C[C]1CN1CCCC1. The predicted molar refractivity (Wildman–Crippen MR) is 51.9 cm³/mol. The first-order chi connectivity index (χ1) is 5.90. The monoisotopic (exact) mass is 166 g/mol. The van der Waals surface area contributed by atoms with E-state index in [9.17, 15) is 0 Å². The Balaban J connectivity index is 1.62. The van der Waals surface area contributed by atoms with Crippen LogP contribution in [0.3, 0.4) is 0 Å². The van der Waals surface area contributed by atoms with Crippen molar-refractivity contribution >= 4 is 0 Å². The lowest BCUT2D eigenvalue weighted by atomic mass is 10.2. The standard InChI is InChI=1S/C11H20N/c1-2-5-10-8-11(10)9-12-6-3-4-7-12/h10H,2-9H2,1H3. The summed E-state index contributed by atoms with van der Waals surface area (Å²) in [6, 6.07) is 0. The summed E-state index contributed by atoms with van der Waals surface area (Å²) in [5, 5.41) is 0. The quantitative estimate of drug-likeness (QED) is 0.620. The maximum absolute atomic E-state index is 2.63. The van der Waals surface area contributed by atoms with Gasteiger partial charge in [-0.3, -0.25) is 0 Å². The molecule has 0 spiro atoms. The Morgan fingerprint density at radius 2 is 2.08 bits per heavy atom. The van der Waals surface area contributed by atoms with Crippen LogP contribution in [0.25, 0.3) is 0 Å². The summed E-state index contributed by atoms with van der Waals surface area (Å²) >= 11 is 0. The molecular formula is C11H20N. The molecule has 0 aromatic heterocycles. The summed E-state index contributed by atoms with van der Waals surface area (Å²) in [5.74, 6) is 2.87. The van der Waals surface area contributed by atoms with E-state index < -0.39 is 0 Å². The van der Waals surface area contributed by atoms with Crippen LogP contribution in [0.4, 0.5) is 0 Å². The zero-order valence-corrected chi connectivity index (χ0v) is 8.18. The second-order valence-electron chi connectivity index (χ2n) is 4.33. The van der Waals surface area contributed by atoms with E-state index in [4.69, 9.17) is 0 Å². The fourth-order valence-corrected chi connectivity index (χ4v) is 2.33. The largest absolute Gasteiger partial charge is 0.303 e. The molecule has 0 aromatic carbocycles. The molecule has 1 heteroatoms. The van der Waals surface area contributed by atoms with Crippen molar-refractivity contribution in [3.05, 3.63) is 5.92 Å². The Morgan fingerprint density at radius 1 is 1.33 bits per heavy atom. The Hall–Kier alpha value is -0.0400. The van der Waals surface area contributed by atoms with Gasteiger partial charge in [0.25, 0.3) is 0 Å². The van der Waals surface area contributed by atoms with Crippen LogP contribution < -0.4 is 0 Å². The lowest BCUT2D eigenvalue weighted by Gasteiger charge is -2.13. The topological polar surface area (TPSA) is 3.24 Å². The van der Waals surface area contributed by atoms with E-state index in [1.165, 1.54) is 51.7 Å². The Bertz CT molecular complexity index is 138. The molecule has 12 heavy (non-hydrogen) atoms. The van der Waals surface area contributed by atoms with Gasteiger partial charge < -0.3 is 4.90 Å². The number of likely N-dealkylation sites (tertiary alicyclic amines) is 1. The molecule has 1 radical (unpaired) electrons. The summed E-state index contributed by atoms with van der Waals surface area (Å²) in [6.45, 7) is 6.36. The smallest absolute Gasteiger partial charge is 0.00467 e. The fraction of sp³-hybridized carbons (Fsp3) is 0.909. The molecular weight excluding hydrogens is 146 g/mol. The molecule has 69 valence electrons. The highest BCUT2D eigenvalue weighted by Gasteiger charge is 2.37. The van der Waals surface area contributed by atoms with Gasteiger partial charge in [0, 0.05) is 6.54 Å². The third kappa shape index (κ3) is 2.01. The molecule has 1 nitrogen and oxygen atoms in total. The van der Waals surface area contributed by atoms with Crippen LogP contribution in [0.2, 0.25) is 0 Å². The van der Waals surface area contributed by atoms with Gasteiger partial charge in [0.1, 0.15) is 0 Å². The van der Waals surface area contributed by atoms with Crippen molar-refractivity contribution in [3.8, 4) is 0 Å². The molecule has 1 saturated heterocycles.